The van der Waals surface area contributed by atoms with Crippen LogP contribution >= 0.6 is 11.6 Å². The van der Waals surface area contributed by atoms with E-state index in [1.54, 1.807) is 13.0 Å². The van der Waals surface area contributed by atoms with Crippen molar-refractivity contribution >= 4 is 11.6 Å². The number of hydrogen-bond donors (Lipinski definition) is 2. The molecule has 96 valence electrons. The first kappa shape index (κ1) is 12.7. The molecule has 0 fully saturated rings. The highest BCUT2D eigenvalue weighted by Crippen LogP contribution is 2.43. The quantitative estimate of drug-likeness (QED) is 0.883. The van der Waals surface area contributed by atoms with E-state index in [0.717, 1.165) is 0 Å². The molecule has 1 aromatic heterocycles. The standard InChI is InChI=1S/C11H12ClN3O3/c1-5-3-6(12)10(17-2)9(16)8(5)11-14-7(4-13)18-15-11/h3,16H,4,13H2,1-2H3. The van der Waals surface area contributed by atoms with Gasteiger partial charge < -0.3 is 20.1 Å². The van der Waals surface area contributed by atoms with Crippen LogP contribution in [0, 0.1) is 6.92 Å². The second kappa shape index (κ2) is 4.83. The fourth-order valence-corrected chi connectivity index (χ4v) is 1.99. The molecule has 1 heterocycles. The second-order valence-electron chi connectivity index (χ2n) is 3.65. The Balaban J connectivity index is 2.63. The van der Waals surface area contributed by atoms with E-state index < -0.39 is 0 Å². The number of rotatable bonds is 3. The minimum absolute atomic E-state index is 0.119. The molecule has 2 rings (SSSR count). The Morgan fingerprint density at radius 1 is 1.56 bits per heavy atom. The van der Waals surface area contributed by atoms with Crippen molar-refractivity contribution in [1.82, 2.24) is 10.1 Å². The van der Waals surface area contributed by atoms with Gasteiger partial charge in [0, 0.05) is 0 Å². The number of phenolic OH excluding ortho intramolecular Hbond substituents is 1. The lowest BCUT2D eigenvalue weighted by atomic mass is 10.1. The molecule has 7 heteroatoms. The van der Waals surface area contributed by atoms with Crippen molar-refractivity contribution in [3.05, 3.63) is 22.5 Å². The Hall–Kier alpha value is -1.79. The van der Waals surface area contributed by atoms with Crippen LogP contribution in [0.4, 0.5) is 0 Å². The van der Waals surface area contributed by atoms with E-state index in [9.17, 15) is 5.11 Å². The van der Waals surface area contributed by atoms with Crippen molar-refractivity contribution in [3.63, 3.8) is 0 Å². The van der Waals surface area contributed by atoms with Gasteiger partial charge in [-0.2, -0.15) is 4.98 Å². The van der Waals surface area contributed by atoms with Crippen LogP contribution in [0.1, 0.15) is 11.5 Å². The molecular weight excluding hydrogens is 258 g/mol. The number of methoxy groups -OCH3 is 1. The maximum absolute atomic E-state index is 10.1. The number of phenols is 1. The van der Waals surface area contributed by atoms with Crippen LogP contribution in [0.3, 0.4) is 0 Å². The monoisotopic (exact) mass is 269 g/mol. The van der Waals surface area contributed by atoms with Crippen LogP contribution < -0.4 is 10.5 Å². The second-order valence-corrected chi connectivity index (χ2v) is 4.06. The largest absolute Gasteiger partial charge is 0.504 e. The third-order valence-corrected chi connectivity index (χ3v) is 2.76. The van der Waals surface area contributed by atoms with Crippen LogP contribution in [-0.4, -0.2) is 22.4 Å². The molecule has 0 spiro atoms. The number of aromatic nitrogens is 2. The van der Waals surface area contributed by atoms with Gasteiger partial charge >= 0.3 is 0 Å². The van der Waals surface area contributed by atoms with Crippen molar-refractivity contribution in [3.8, 4) is 22.9 Å². The van der Waals surface area contributed by atoms with E-state index in [2.05, 4.69) is 10.1 Å². The fraction of sp³-hybridized carbons (Fsp3) is 0.273. The minimum Gasteiger partial charge on any atom is -0.504 e. The minimum atomic E-state index is -0.119. The first-order valence-corrected chi connectivity index (χ1v) is 5.55. The van der Waals surface area contributed by atoms with E-state index >= 15 is 0 Å². The average Bonchev–Trinajstić information content (AvgIpc) is 2.77. The molecule has 18 heavy (non-hydrogen) atoms. The first-order valence-electron chi connectivity index (χ1n) is 5.17. The van der Waals surface area contributed by atoms with Crippen molar-refractivity contribution < 1.29 is 14.4 Å². The summed E-state index contributed by atoms with van der Waals surface area (Å²) in [6.45, 7) is 1.91. The van der Waals surface area contributed by atoms with Crippen molar-refractivity contribution in [2.75, 3.05) is 7.11 Å². The SMILES string of the molecule is COc1c(Cl)cc(C)c(-c2noc(CN)n2)c1O. The van der Waals surface area contributed by atoms with Gasteiger partial charge in [-0.25, -0.2) is 0 Å². The molecule has 0 aliphatic rings. The molecule has 3 N–H and O–H groups in total. The number of halogens is 1. The van der Waals surface area contributed by atoms with E-state index in [4.69, 9.17) is 26.6 Å². The molecular formula is C11H12ClN3O3. The maximum Gasteiger partial charge on any atom is 0.240 e. The Labute approximate surface area is 108 Å². The third kappa shape index (κ3) is 2.00. The van der Waals surface area contributed by atoms with Gasteiger partial charge in [0.1, 0.15) is 0 Å². The van der Waals surface area contributed by atoms with Crippen molar-refractivity contribution in [2.24, 2.45) is 5.73 Å². The number of nitrogens with zero attached hydrogens (tertiary/aromatic N) is 2. The third-order valence-electron chi connectivity index (χ3n) is 2.48. The van der Waals surface area contributed by atoms with Gasteiger partial charge in [0.25, 0.3) is 0 Å². The van der Waals surface area contributed by atoms with Crippen LogP contribution in [0.2, 0.25) is 5.02 Å². The zero-order valence-corrected chi connectivity index (χ0v) is 10.7. The van der Waals surface area contributed by atoms with Gasteiger partial charge in [-0.1, -0.05) is 16.8 Å². The molecule has 0 atom stereocenters. The summed E-state index contributed by atoms with van der Waals surface area (Å²) in [5.74, 6) is 0.598. The molecule has 1 aromatic carbocycles. The number of aromatic hydroxyl groups is 1. The van der Waals surface area contributed by atoms with Crippen molar-refractivity contribution in [2.45, 2.75) is 13.5 Å². The van der Waals surface area contributed by atoms with E-state index in [0.29, 0.717) is 16.1 Å². The van der Waals surface area contributed by atoms with E-state index in [-0.39, 0.29) is 29.8 Å². The highest BCUT2D eigenvalue weighted by atomic mass is 35.5. The molecule has 6 nitrogen and oxygen atoms in total. The predicted molar refractivity (Wildman–Crippen MR) is 65.6 cm³/mol. The molecule has 0 aliphatic heterocycles. The van der Waals surface area contributed by atoms with Crippen LogP contribution in [0.25, 0.3) is 11.4 Å². The molecule has 0 saturated heterocycles. The lowest BCUT2D eigenvalue weighted by Gasteiger charge is -2.11. The van der Waals surface area contributed by atoms with Crippen LogP contribution in [0.5, 0.6) is 11.5 Å². The molecule has 0 aliphatic carbocycles. The van der Waals surface area contributed by atoms with Gasteiger partial charge in [0.05, 0.1) is 24.2 Å². The Bertz CT molecular complexity index is 583. The summed E-state index contributed by atoms with van der Waals surface area (Å²) in [6, 6.07) is 1.66. The summed E-state index contributed by atoms with van der Waals surface area (Å²) in [5, 5.41) is 14.2. The van der Waals surface area contributed by atoms with Gasteiger partial charge in [-0.05, 0) is 18.6 Å². The fourth-order valence-electron chi connectivity index (χ4n) is 1.66. The van der Waals surface area contributed by atoms with Gasteiger partial charge in [0.15, 0.2) is 11.5 Å². The summed E-state index contributed by atoms with van der Waals surface area (Å²) in [4.78, 5) is 4.06. The van der Waals surface area contributed by atoms with Gasteiger partial charge in [-0.3, -0.25) is 0 Å². The van der Waals surface area contributed by atoms with Gasteiger partial charge in [0.2, 0.25) is 11.7 Å². The first-order chi connectivity index (χ1) is 8.58. The number of hydrogen-bond acceptors (Lipinski definition) is 6. The van der Waals surface area contributed by atoms with Gasteiger partial charge in [-0.15, -0.1) is 0 Å². The highest BCUT2D eigenvalue weighted by molar-refractivity contribution is 6.32. The smallest absolute Gasteiger partial charge is 0.240 e. The molecule has 0 amide bonds. The zero-order chi connectivity index (χ0) is 13.3. The normalized spacial score (nSPS) is 10.7. The molecule has 0 radical (unpaired) electrons. The van der Waals surface area contributed by atoms with E-state index in [1.807, 2.05) is 0 Å². The summed E-state index contributed by atoms with van der Waals surface area (Å²) in [5.41, 5.74) is 6.52. The predicted octanol–water partition coefficient (Wildman–Crippen LogP) is 1.87. The van der Waals surface area contributed by atoms with Crippen LogP contribution in [0.15, 0.2) is 10.6 Å². The zero-order valence-electron chi connectivity index (χ0n) is 9.90. The molecule has 0 bridgehead atoms. The lowest BCUT2D eigenvalue weighted by Crippen LogP contribution is -1.96. The number of nitrogens with two attached hydrogens (primary N) is 1. The highest BCUT2D eigenvalue weighted by Gasteiger charge is 2.20. The molecule has 2 aromatic rings. The summed E-state index contributed by atoms with van der Waals surface area (Å²) < 4.78 is 9.94. The maximum atomic E-state index is 10.1. The average molecular weight is 270 g/mol. The lowest BCUT2D eigenvalue weighted by molar-refractivity contribution is 0.372. The summed E-state index contributed by atoms with van der Waals surface area (Å²) in [7, 11) is 1.42. The summed E-state index contributed by atoms with van der Waals surface area (Å²) in [6.07, 6.45) is 0. The number of aryl methyl sites for hydroxylation is 1. The number of ether oxygens (including phenoxy) is 1. The number of benzene rings is 1. The van der Waals surface area contributed by atoms with Crippen molar-refractivity contribution in [1.29, 1.82) is 0 Å². The van der Waals surface area contributed by atoms with E-state index in [1.165, 1.54) is 7.11 Å². The Morgan fingerprint density at radius 3 is 2.83 bits per heavy atom. The Kier molecular flexibility index (Phi) is 3.40. The van der Waals surface area contributed by atoms with Crippen LogP contribution in [-0.2, 0) is 6.54 Å². The Morgan fingerprint density at radius 2 is 2.28 bits per heavy atom. The molecule has 0 saturated carbocycles. The molecule has 0 unspecified atom stereocenters. The summed E-state index contributed by atoms with van der Waals surface area (Å²) >= 11 is 5.96. The topological polar surface area (TPSA) is 94.4 Å².